The van der Waals surface area contributed by atoms with Gasteiger partial charge in [-0.15, -0.1) is 0 Å². The molecule has 0 rings (SSSR count). The van der Waals surface area contributed by atoms with Gasteiger partial charge < -0.3 is 10.2 Å². The van der Waals surface area contributed by atoms with E-state index in [1.54, 1.807) is 6.92 Å². The van der Waals surface area contributed by atoms with Crippen LogP contribution in [0.5, 0.6) is 0 Å². The molecule has 2 N–H and O–H groups in total. The van der Waals surface area contributed by atoms with Gasteiger partial charge in [0, 0.05) is 0 Å². The Hall–Kier alpha value is -1.32. The van der Waals surface area contributed by atoms with Crippen LogP contribution in [0.15, 0.2) is 12.2 Å². The van der Waals surface area contributed by atoms with Crippen LogP contribution in [0.1, 0.15) is 65.2 Å². The van der Waals surface area contributed by atoms with E-state index in [2.05, 4.69) is 6.92 Å². The minimum Gasteiger partial charge on any atom is -0.481 e. The first-order valence-corrected chi connectivity index (χ1v) is 7.60. The van der Waals surface area contributed by atoms with Gasteiger partial charge in [-0.3, -0.25) is 9.59 Å². The molecule has 0 amide bonds. The lowest BCUT2D eigenvalue weighted by molar-refractivity contribution is -0.149. The SMILES string of the molecule is CCCCCCCC/C=C/C(C)C(CC(=O)O)C(=O)O. The third kappa shape index (κ3) is 9.59. The van der Waals surface area contributed by atoms with Crippen molar-refractivity contribution >= 4 is 11.9 Å². The van der Waals surface area contributed by atoms with Crippen molar-refractivity contribution in [1.29, 1.82) is 0 Å². The van der Waals surface area contributed by atoms with Crippen LogP contribution in [-0.4, -0.2) is 22.2 Å². The second kappa shape index (κ2) is 11.5. The Morgan fingerprint density at radius 3 is 2.20 bits per heavy atom. The minimum absolute atomic E-state index is 0.247. The fourth-order valence-corrected chi connectivity index (χ4v) is 2.17. The number of hydrogen-bond acceptors (Lipinski definition) is 2. The fraction of sp³-hybridized carbons (Fsp3) is 0.750. The van der Waals surface area contributed by atoms with Gasteiger partial charge >= 0.3 is 11.9 Å². The van der Waals surface area contributed by atoms with Crippen molar-refractivity contribution in [2.45, 2.75) is 65.2 Å². The molecule has 0 aromatic carbocycles. The van der Waals surface area contributed by atoms with Crippen molar-refractivity contribution in [1.82, 2.24) is 0 Å². The Bertz CT molecular complexity index is 310. The van der Waals surface area contributed by atoms with Crippen LogP contribution in [0.25, 0.3) is 0 Å². The first kappa shape index (κ1) is 18.7. The molecule has 0 aromatic rings. The Kier molecular flexibility index (Phi) is 10.7. The van der Waals surface area contributed by atoms with E-state index in [1.165, 1.54) is 32.1 Å². The molecule has 0 aliphatic carbocycles. The molecule has 4 heteroatoms. The van der Waals surface area contributed by atoms with Crippen LogP contribution in [0, 0.1) is 11.8 Å². The van der Waals surface area contributed by atoms with Crippen molar-refractivity contribution in [3.05, 3.63) is 12.2 Å². The molecule has 4 nitrogen and oxygen atoms in total. The summed E-state index contributed by atoms with van der Waals surface area (Å²) in [6, 6.07) is 0. The molecule has 0 bridgehead atoms. The van der Waals surface area contributed by atoms with E-state index in [4.69, 9.17) is 10.2 Å². The van der Waals surface area contributed by atoms with Gasteiger partial charge in [-0.05, 0) is 18.8 Å². The second-order valence-electron chi connectivity index (χ2n) is 5.39. The van der Waals surface area contributed by atoms with Gasteiger partial charge in [0.1, 0.15) is 0 Å². The Morgan fingerprint density at radius 1 is 1.05 bits per heavy atom. The first-order valence-electron chi connectivity index (χ1n) is 7.60. The molecule has 116 valence electrons. The van der Waals surface area contributed by atoms with E-state index in [-0.39, 0.29) is 12.3 Å². The van der Waals surface area contributed by atoms with E-state index in [0.717, 1.165) is 12.8 Å². The average molecular weight is 284 g/mol. The van der Waals surface area contributed by atoms with Crippen LogP contribution < -0.4 is 0 Å². The summed E-state index contributed by atoms with van der Waals surface area (Å²) in [5.41, 5.74) is 0. The normalized spacial score (nSPS) is 14.3. The molecule has 2 unspecified atom stereocenters. The summed E-state index contributed by atoms with van der Waals surface area (Å²) in [6.45, 7) is 3.96. The van der Waals surface area contributed by atoms with Gasteiger partial charge in [0.25, 0.3) is 0 Å². The fourth-order valence-electron chi connectivity index (χ4n) is 2.17. The summed E-state index contributed by atoms with van der Waals surface area (Å²) in [7, 11) is 0. The van der Waals surface area contributed by atoms with Crippen molar-refractivity contribution in [2.75, 3.05) is 0 Å². The molecule has 20 heavy (non-hydrogen) atoms. The zero-order valence-corrected chi connectivity index (χ0v) is 12.7. The summed E-state index contributed by atoms with van der Waals surface area (Å²) < 4.78 is 0. The molecule has 0 saturated carbocycles. The standard InChI is InChI=1S/C16H28O4/c1-3-4-5-6-7-8-9-10-11-13(2)14(16(19)20)12-15(17)18/h10-11,13-14H,3-9,12H2,1-2H3,(H,17,18)(H,19,20)/b11-10+. The Balaban J connectivity index is 3.91. The van der Waals surface area contributed by atoms with E-state index in [9.17, 15) is 9.59 Å². The third-order valence-electron chi connectivity index (χ3n) is 3.51. The lowest BCUT2D eigenvalue weighted by Crippen LogP contribution is -2.23. The van der Waals surface area contributed by atoms with E-state index in [0.29, 0.717) is 0 Å². The van der Waals surface area contributed by atoms with E-state index < -0.39 is 17.9 Å². The predicted octanol–water partition coefficient (Wildman–Crippen LogP) is 4.10. The van der Waals surface area contributed by atoms with Crippen molar-refractivity contribution in [2.24, 2.45) is 11.8 Å². The highest BCUT2D eigenvalue weighted by molar-refractivity contribution is 5.78. The van der Waals surface area contributed by atoms with Crippen LogP contribution >= 0.6 is 0 Å². The van der Waals surface area contributed by atoms with Gasteiger partial charge in [-0.25, -0.2) is 0 Å². The number of carboxylic acids is 2. The summed E-state index contributed by atoms with van der Waals surface area (Å²) in [5, 5.41) is 17.7. The number of hydrogen-bond donors (Lipinski definition) is 2. The predicted molar refractivity (Wildman–Crippen MR) is 79.7 cm³/mol. The van der Waals surface area contributed by atoms with Crippen molar-refractivity contribution in [3.63, 3.8) is 0 Å². The number of carbonyl (C=O) groups is 2. The van der Waals surface area contributed by atoms with Crippen LogP contribution in [0.4, 0.5) is 0 Å². The highest BCUT2D eigenvalue weighted by Gasteiger charge is 2.25. The highest BCUT2D eigenvalue weighted by atomic mass is 16.4. The van der Waals surface area contributed by atoms with Crippen LogP contribution in [0.3, 0.4) is 0 Å². The molecule has 0 fully saturated rings. The zero-order chi connectivity index (χ0) is 15.4. The second-order valence-corrected chi connectivity index (χ2v) is 5.39. The molecule has 0 aromatic heterocycles. The van der Waals surface area contributed by atoms with Crippen molar-refractivity contribution in [3.8, 4) is 0 Å². The number of rotatable bonds is 12. The molecule has 0 aliphatic heterocycles. The molecule has 2 atom stereocenters. The summed E-state index contributed by atoms with van der Waals surface area (Å²) in [4.78, 5) is 21.6. The van der Waals surface area contributed by atoms with Gasteiger partial charge in [0.15, 0.2) is 0 Å². The molecular formula is C16H28O4. The number of carboxylic acid groups (broad SMARTS) is 2. The topological polar surface area (TPSA) is 74.6 Å². The maximum atomic E-state index is 11.0. The van der Waals surface area contributed by atoms with Crippen molar-refractivity contribution < 1.29 is 19.8 Å². The molecule has 0 saturated heterocycles. The van der Waals surface area contributed by atoms with Gasteiger partial charge in [0.05, 0.1) is 12.3 Å². The maximum Gasteiger partial charge on any atom is 0.307 e. The largest absolute Gasteiger partial charge is 0.481 e. The molecule has 0 spiro atoms. The number of aliphatic carboxylic acids is 2. The smallest absolute Gasteiger partial charge is 0.307 e. The minimum atomic E-state index is -1.06. The summed E-state index contributed by atoms with van der Waals surface area (Å²) in [5.74, 6) is -3.19. The number of unbranched alkanes of at least 4 members (excludes halogenated alkanes) is 6. The first-order chi connectivity index (χ1) is 9.49. The van der Waals surface area contributed by atoms with E-state index in [1.807, 2.05) is 12.2 Å². The third-order valence-corrected chi connectivity index (χ3v) is 3.51. The number of allylic oxidation sites excluding steroid dienone is 2. The zero-order valence-electron chi connectivity index (χ0n) is 12.7. The average Bonchev–Trinajstić information content (AvgIpc) is 2.38. The summed E-state index contributed by atoms with van der Waals surface area (Å²) in [6.07, 6.45) is 11.9. The van der Waals surface area contributed by atoms with E-state index >= 15 is 0 Å². The molecule has 0 radical (unpaired) electrons. The Morgan fingerprint density at radius 2 is 1.65 bits per heavy atom. The van der Waals surface area contributed by atoms with Gasteiger partial charge in [-0.1, -0.05) is 58.1 Å². The highest BCUT2D eigenvalue weighted by Crippen LogP contribution is 2.18. The monoisotopic (exact) mass is 284 g/mol. The van der Waals surface area contributed by atoms with Gasteiger partial charge in [-0.2, -0.15) is 0 Å². The van der Waals surface area contributed by atoms with Gasteiger partial charge in [0.2, 0.25) is 0 Å². The molecule has 0 aliphatic rings. The quantitative estimate of drug-likeness (QED) is 0.418. The lowest BCUT2D eigenvalue weighted by Gasteiger charge is -2.14. The van der Waals surface area contributed by atoms with Crippen LogP contribution in [-0.2, 0) is 9.59 Å². The summed E-state index contributed by atoms with van der Waals surface area (Å²) >= 11 is 0. The maximum absolute atomic E-state index is 11.0. The molecular weight excluding hydrogens is 256 g/mol. The lowest BCUT2D eigenvalue weighted by atomic mass is 9.90. The Labute approximate surface area is 121 Å². The van der Waals surface area contributed by atoms with Crippen LogP contribution in [0.2, 0.25) is 0 Å². The molecule has 0 heterocycles.